The zero-order valence-corrected chi connectivity index (χ0v) is 15.8. The Morgan fingerprint density at radius 1 is 1.25 bits per heavy atom. The molecule has 1 atom stereocenters. The van der Waals surface area contributed by atoms with Crippen molar-refractivity contribution < 1.29 is 14.3 Å². The molecule has 8 nitrogen and oxygen atoms in total. The first kappa shape index (κ1) is 18.0. The summed E-state index contributed by atoms with van der Waals surface area (Å²) < 4.78 is 7.09. The van der Waals surface area contributed by atoms with E-state index in [1.165, 1.54) is 7.11 Å². The number of amides is 2. The third-order valence-electron chi connectivity index (χ3n) is 4.96. The number of likely N-dealkylation sites (tertiary alicyclic amines) is 1. The fourth-order valence-corrected chi connectivity index (χ4v) is 3.71. The number of aromatic nitrogens is 3. The number of fused-ring (bicyclic) bond motifs is 1. The van der Waals surface area contributed by atoms with E-state index in [0.717, 1.165) is 12.8 Å². The highest BCUT2D eigenvalue weighted by molar-refractivity contribution is 6.08. The normalized spacial score (nSPS) is 16.4. The Balaban J connectivity index is 1.74. The van der Waals surface area contributed by atoms with Crippen LogP contribution in [0.3, 0.4) is 0 Å². The maximum absolute atomic E-state index is 13.0. The summed E-state index contributed by atoms with van der Waals surface area (Å²) in [6, 6.07) is 8.90. The first-order valence-electron chi connectivity index (χ1n) is 9.14. The molecular weight excluding hydrogens is 358 g/mol. The van der Waals surface area contributed by atoms with Gasteiger partial charge in [-0.15, -0.1) is 0 Å². The molecule has 1 aliphatic rings. The van der Waals surface area contributed by atoms with E-state index >= 15 is 0 Å². The Morgan fingerprint density at radius 3 is 2.89 bits per heavy atom. The van der Waals surface area contributed by atoms with Gasteiger partial charge in [-0.2, -0.15) is 0 Å². The number of imidazole rings is 1. The summed E-state index contributed by atoms with van der Waals surface area (Å²) in [7, 11) is 1.50. The minimum Gasteiger partial charge on any atom is -0.480 e. The number of nitrogens with zero attached hydrogens (tertiary/aromatic N) is 4. The first-order chi connectivity index (χ1) is 13.6. The number of nitrogens with one attached hydrogen (secondary N) is 1. The highest BCUT2D eigenvalue weighted by atomic mass is 16.5. The maximum atomic E-state index is 13.0. The lowest BCUT2D eigenvalue weighted by Crippen LogP contribution is -2.29. The van der Waals surface area contributed by atoms with Gasteiger partial charge in [0.15, 0.2) is 5.69 Å². The second-order valence-corrected chi connectivity index (χ2v) is 6.66. The predicted octanol–water partition coefficient (Wildman–Crippen LogP) is 2.67. The highest BCUT2D eigenvalue weighted by Crippen LogP contribution is 2.33. The number of hydrogen-bond acceptors (Lipinski definition) is 5. The molecule has 2 amide bonds. The number of rotatable bonds is 4. The highest BCUT2D eigenvalue weighted by Gasteiger charge is 2.32. The molecule has 0 bridgehead atoms. The second kappa shape index (κ2) is 7.30. The number of carbonyl (C=O) groups is 2. The van der Waals surface area contributed by atoms with Crippen molar-refractivity contribution in [2.75, 3.05) is 19.0 Å². The van der Waals surface area contributed by atoms with E-state index in [1.54, 1.807) is 25.3 Å². The van der Waals surface area contributed by atoms with Gasteiger partial charge in [-0.1, -0.05) is 6.07 Å². The molecule has 1 fully saturated rings. The van der Waals surface area contributed by atoms with Crippen LogP contribution in [-0.4, -0.2) is 44.7 Å². The molecule has 8 heteroatoms. The number of pyridine rings is 2. The van der Waals surface area contributed by atoms with E-state index in [-0.39, 0.29) is 17.9 Å². The molecule has 0 radical (unpaired) electrons. The van der Waals surface area contributed by atoms with Gasteiger partial charge in [-0.25, -0.2) is 9.97 Å². The average Bonchev–Trinajstić information content (AvgIpc) is 3.33. The van der Waals surface area contributed by atoms with Crippen LogP contribution in [0.4, 0.5) is 5.69 Å². The summed E-state index contributed by atoms with van der Waals surface area (Å²) in [5.41, 5.74) is 1.46. The molecule has 3 aromatic heterocycles. The standard InChI is InChI=1S/C20H21N5O3/c1-13(26)24-12-6-9-16(24)18-23-17(15-8-3-4-11-25(15)18)19(27)22-14-7-5-10-21-20(14)28-2/h3-5,7-8,10-11,16H,6,9,12H2,1-2H3,(H,22,27)/t16-/m1/s1. The van der Waals surface area contributed by atoms with Gasteiger partial charge in [-0.05, 0) is 37.1 Å². The molecule has 0 spiro atoms. The molecule has 0 saturated carbocycles. The predicted molar refractivity (Wildman–Crippen MR) is 103 cm³/mol. The van der Waals surface area contributed by atoms with Crippen molar-refractivity contribution in [2.24, 2.45) is 0 Å². The molecule has 4 heterocycles. The fraction of sp³-hybridized carbons (Fsp3) is 0.300. The Hall–Kier alpha value is -3.42. The number of anilines is 1. The molecule has 28 heavy (non-hydrogen) atoms. The summed E-state index contributed by atoms with van der Waals surface area (Å²) in [4.78, 5) is 35.6. The van der Waals surface area contributed by atoms with Crippen molar-refractivity contribution in [3.05, 3.63) is 54.2 Å². The quantitative estimate of drug-likeness (QED) is 0.753. The third-order valence-corrected chi connectivity index (χ3v) is 4.96. The van der Waals surface area contributed by atoms with Gasteiger partial charge in [0.05, 0.1) is 18.7 Å². The molecule has 0 unspecified atom stereocenters. The Labute approximate surface area is 162 Å². The van der Waals surface area contributed by atoms with Crippen molar-refractivity contribution in [1.82, 2.24) is 19.3 Å². The maximum Gasteiger partial charge on any atom is 0.276 e. The van der Waals surface area contributed by atoms with Gasteiger partial charge in [0.25, 0.3) is 5.91 Å². The van der Waals surface area contributed by atoms with Crippen molar-refractivity contribution in [1.29, 1.82) is 0 Å². The largest absolute Gasteiger partial charge is 0.480 e. The van der Waals surface area contributed by atoms with Gasteiger partial charge in [-0.3, -0.25) is 9.59 Å². The van der Waals surface area contributed by atoms with Gasteiger partial charge in [0, 0.05) is 25.9 Å². The van der Waals surface area contributed by atoms with Crippen molar-refractivity contribution >= 4 is 23.0 Å². The monoisotopic (exact) mass is 379 g/mol. The van der Waals surface area contributed by atoms with Gasteiger partial charge >= 0.3 is 0 Å². The van der Waals surface area contributed by atoms with Crippen LogP contribution in [0.2, 0.25) is 0 Å². The lowest BCUT2D eigenvalue weighted by Gasteiger charge is -2.22. The second-order valence-electron chi connectivity index (χ2n) is 6.66. The Morgan fingerprint density at radius 2 is 2.11 bits per heavy atom. The van der Waals surface area contributed by atoms with E-state index in [2.05, 4.69) is 15.3 Å². The van der Waals surface area contributed by atoms with E-state index < -0.39 is 0 Å². The zero-order chi connectivity index (χ0) is 19.7. The van der Waals surface area contributed by atoms with Crippen molar-refractivity contribution in [3.8, 4) is 5.88 Å². The minimum atomic E-state index is -0.353. The lowest BCUT2D eigenvalue weighted by molar-refractivity contribution is -0.129. The van der Waals surface area contributed by atoms with E-state index in [9.17, 15) is 9.59 Å². The number of carbonyl (C=O) groups excluding carboxylic acids is 2. The van der Waals surface area contributed by atoms with Crippen molar-refractivity contribution in [2.45, 2.75) is 25.8 Å². The van der Waals surface area contributed by atoms with Crippen LogP contribution in [0.15, 0.2) is 42.7 Å². The van der Waals surface area contributed by atoms with E-state index in [4.69, 9.17) is 4.74 Å². The molecule has 4 rings (SSSR count). The number of methoxy groups -OCH3 is 1. The molecule has 3 aromatic rings. The number of ether oxygens (including phenoxy) is 1. The van der Waals surface area contributed by atoms with Crippen LogP contribution in [0.25, 0.3) is 5.52 Å². The lowest BCUT2D eigenvalue weighted by atomic mass is 10.2. The summed E-state index contributed by atoms with van der Waals surface area (Å²) in [5, 5.41) is 2.82. The van der Waals surface area contributed by atoms with Crippen LogP contribution >= 0.6 is 0 Å². The van der Waals surface area contributed by atoms with Crippen LogP contribution in [-0.2, 0) is 4.79 Å². The van der Waals surface area contributed by atoms with Crippen LogP contribution < -0.4 is 10.1 Å². The molecular formula is C20H21N5O3. The average molecular weight is 379 g/mol. The summed E-state index contributed by atoms with van der Waals surface area (Å²) in [6.07, 6.45) is 5.20. The summed E-state index contributed by atoms with van der Waals surface area (Å²) >= 11 is 0. The van der Waals surface area contributed by atoms with Gasteiger partial charge in [0.1, 0.15) is 11.5 Å². The molecule has 1 saturated heterocycles. The SMILES string of the molecule is COc1ncccc1NC(=O)c1nc([C@H]2CCCN2C(C)=O)n2ccccc12. The van der Waals surface area contributed by atoms with Gasteiger partial charge < -0.3 is 19.4 Å². The zero-order valence-electron chi connectivity index (χ0n) is 15.8. The Bertz CT molecular complexity index is 1050. The summed E-state index contributed by atoms with van der Waals surface area (Å²) in [5.74, 6) is 0.694. The molecule has 1 N–H and O–H groups in total. The van der Waals surface area contributed by atoms with E-state index in [1.807, 2.05) is 33.7 Å². The summed E-state index contributed by atoms with van der Waals surface area (Å²) in [6.45, 7) is 2.27. The number of hydrogen-bond donors (Lipinski definition) is 1. The topological polar surface area (TPSA) is 88.8 Å². The smallest absolute Gasteiger partial charge is 0.276 e. The van der Waals surface area contributed by atoms with E-state index in [0.29, 0.717) is 35.1 Å². The fourth-order valence-electron chi connectivity index (χ4n) is 3.71. The third kappa shape index (κ3) is 3.06. The molecule has 1 aliphatic heterocycles. The van der Waals surface area contributed by atoms with Crippen LogP contribution in [0.1, 0.15) is 42.1 Å². The van der Waals surface area contributed by atoms with Crippen LogP contribution in [0, 0.1) is 0 Å². The molecule has 0 aromatic carbocycles. The first-order valence-corrected chi connectivity index (χ1v) is 9.14. The minimum absolute atomic E-state index is 0.0151. The molecule has 0 aliphatic carbocycles. The van der Waals surface area contributed by atoms with Crippen molar-refractivity contribution in [3.63, 3.8) is 0 Å². The van der Waals surface area contributed by atoms with Gasteiger partial charge in [0.2, 0.25) is 11.8 Å². The Kier molecular flexibility index (Phi) is 4.68. The van der Waals surface area contributed by atoms with Crippen LogP contribution in [0.5, 0.6) is 5.88 Å². The molecule has 144 valence electrons.